The molecule has 4 aromatic heterocycles. The van der Waals surface area contributed by atoms with E-state index >= 15 is 0 Å². The van der Waals surface area contributed by atoms with E-state index in [0.29, 0.717) is 21.5 Å². The minimum atomic E-state index is -2.80. The van der Waals surface area contributed by atoms with Crippen LogP contribution >= 0.6 is 38.6 Å². The number of alkyl halides is 2. The van der Waals surface area contributed by atoms with Crippen molar-refractivity contribution < 1.29 is 18.4 Å². The fourth-order valence-corrected chi connectivity index (χ4v) is 5.49. The summed E-state index contributed by atoms with van der Waals surface area (Å²) in [6, 6.07) is 4.26. The molecule has 33 heavy (non-hydrogen) atoms. The van der Waals surface area contributed by atoms with Gasteiger partial charge in [-0.15, -0.1) is 22.7 Å². The highest BCUT2D eigenvalue weighted by molar-refractivity contribution is 9.10. The van der Waals surface area contributed by atoms with Crippen LogP contribution in [0.25, 0.3) is 20.7 Å². The van der Waals surface area contributed by atoms with Crippen LogP contribution in [-0.2, 0) is 4.79 Å². The predicted molar refractivity (Wildman–Crippen MR) is 129 cm³/mol. The molecule has 2 amide bonds. The Kier molecular flexibility index (Phi) is 6.34. The first-order valence-corrected chi connectivity index (χ1v) is 12.1. The van der Waals surface area contributed by atoms with Crippen molar-refractivity contribution >= 4 is 66.3 Å². The van der Waals surface area contributed by atoms with Gasteiger partial charge in [0.25, 0.3) is 12.3 Å². The zero-order valence-corrected chi connectivity index (χ0v) is 20.9. The standard InChI is InChI=1S/C21H18BrF2N5O2S2/c1-8-4-5-14(32-8)11-6-13(18(23)24)26-21-15(11)16(17(33-21)19(25)30)27-20(31)10(3)29-7-12(22)9(2)28-29/h4-7,10,18H,1-3H3,(H2,25,30)(H,27,31). The number of hydrogen-bond acceptors (Lipinski definition) is 6. The molecule has 0 aliphatic carbocycles. The molecule has 0 radical (unpaired) electrons. The van der Waals surface area contributed by atoms with E-state index in [0.717, 1.165) is 20.7 Å². The Bertz CT molecular complexity index is 1380. The molecule has 1 unspecified atom stereocenters. The summed E-state index contributed by atoms with van der Waals surface area (Å²) in [6.45, 7) is 5.35. The Hall–Kier alpha value is -2.70. The number of fused-ring (bicyclic) bond motifs is 1. The molecule has 4 aromatic rings. The molecule has 0 saturated carbocycles. The van der Waals surface area contributed by atoms with E-state index in [4.69, 9.17) is 5.73 Å². The largest absolute Gasteiger partial charge is 0.365 e. The number of rotatable bonds is 6. The number of hydrogen-bond donors (Lipinski definition) is 2. The Morgan fingerprint density at radius 1 is 1.24 bits per heavy atom. The second kappa shape index (κ2) is 8.92. The van der Waals surface area contributed by atoms with Crippen LogP contribution < -0.4 is 11.1 Å². The first kappa shape index (κ1) is 23.5. The smallest absolute Gasteiger partial charge is 0.280 e. The fourth-order valence-electron chi connectivity index (χ4n) is 3.30. The number of primary amides is 1. The fraction of sp³-hybridized carbons (Fsp3) is 0.238. The third-order valence-electron chi connectivity index (χ3n) is 5.02. The number of aryl methyl sites for hydroxylation is 2. The van der Waals surface area contributed by atoms with Crippen LogP contribution in [0.2, 0.25) is 0 Å². The van der Waals surface area contributed by atoms with E-state index in [1.165, 1.54) is 22.1 Å². The minimum absolute atomic E-state index is 0.0387. The van der Waals surface area contributed by atoms with E-state index in [1.807, 2.05) is 19.1 Å². The Morgan fingerprint density at radius 2 is 1.97 bits per heavy atom. The number of nitrogens with zero attached hydrogens (tertiary/aromatic N) is 3. The van der Waals surface area contributed by atoms with Gasteiger partial charge in [-0.2, -0.15) is 5.10 Å². The molecular weight excluding hydrogens is 536 g/mol. The molecule has 172 valence electrons. The van der Waals surface area contributed by atoms with Gasteiger partial charge < -0.3 is 11.1 Å². The third kappa shape index (κ3) is 4.42. The molecule has 0 bridgehead atoms. The van der Waals surface area contributed by atoms with Crippen molar-refractivity contribution in [2.24, 2.45) is 5.73 Å². The highest BCUT2D eigenvalue weighted by Gasteiger charge is 2.27. The maximum atomic E-state index is 13.6. The molecule has 4 rings (SSSR count). The van der Waals surface area contributed by atoms with Crippen LogP contribution in [0.4, 0.5) is 14.5 Å². The van der Waals surface area contributed by atoms with Gasteiger partial charge in [0.1, 0.15) is 21.4 Å². The van der Waals surface area contributed by atoms with E-state index < -0.39 is 30.0 Å². The normalized spacial score (nSPS) is 12.5. The summed E-state index contributed by atoms with van der Waals surface area (Å²) >= 11 is 5.66. The lowest BCUT2D eigenvalue weighted by Gasteiger charge is -2.14. The quantitative estimate of drug-likeness (QED) is 0.313. The molecule has 12 heteroatoms. The van der Waals surface area contributed by atoms with Crippen LogP contribution in [0.3, 0.4) is 0 Å². The van der Waals surface area contributed by atoms with Gasteiger partial charge in [0.15, 0.2) is 0 Å². The first-order chi connectivity index (χ1) is 15.6. The van der Waals surface area contributed by atoms with Crippen LogP contribution in [0.5, 0.6) is 0 Å². The summed E-state index contributed by atoms with van der Waals surface area (Å²) in [5.41, 5.74) is 6.50. The van der Waals surface area contributed by atoms with E-state index in [1.54, 1.807) is 20.0 Å². The Labute approximate surface area is 203 Å². The van der Waals surface area contributed by atoms with Crippen molar-refractivity contribution in [1.82, 2.24) is 14.8 Å². The molecule has 0 aliphatic heterocycles. The van der Waals surface area contributed by atoms with E-state index in [2.05, 4.69) is 31.3 Å². The van der Waals surface area contributed by atoms with Crippen LogP contribution in [0.1, 0.15) is 45.3 Å². The predicted octanol–water partition coefficient (Wildman–Crippen LogP) is 5.84. The van der Waals surface area contributed by atoms with E-state index in [9.17, 15) is 18.4 Å². The van der Waals surface area contributed by atoms with Crippen LogP contribution in [0.15, 0.2) is 28.9 Å². The number of amides is 2. The van der Waals surface area contributed by atoms with E-state index in [-0.39, 0.29) is 15.4 Å². The molecule has 0 aromatic carbocycles. The monoisotopic (exact) mass is 553 g/mol. The molecule has 4 heterocycles. The van der Waals surface area contributed by atoms with Gasteiger partial charge in [-0.3, -0.25) is 14.3 Å². The van der Waals surface area contributed by atoms with Gasteiger partial charge in [0, 0.05) is 26.9 Å². The second-order valence-electron chi connectivity index (χ2n) is 7.36. The maximum absolute atomic E-state index is 13.6. The SMILES string of the molecule is Cc1ccc(-c2cc(C(F)F)nc3sc(C(N)=O)c(NC(=O)C(C)n4cc(Br)c(C)n4)c23)s1. The van der Waals surface area contributed by atoms with Crippen molar-refractivity contribution in [3.05, 3.63) is 50.0 Å². The van der Waals surface area contributed by atoms with Crippen molar-refractivity contribution in [3.63, 3.8) is 0 Å². The lowest BCUT2D eigenvalue weighted by Crippen LogP contribution is -2.25. The minimum Gasteiger partial charge on any atom is -0.365 e. The molecule has 7 nitrogen and oxygen atoms in total. The molecule has 0 aliphatic rings. The van der Waals surface area contributed by atoms with Gasteiger partial charge in [-0.1, -0.05) is 0 Å². The maximum Gasteiger partial charge on any atom is 0.280 e. The molecule has 0 spiro atoms. The average molecular weight is 554 g/mol. The van der Waals surface area contributed by atoms with Gasteiger partial charge in [0.2, 0.25) is 5.91 Å². The highest BCUT2D eigenvalue weighted by atomic mass is 79.9. The Morgan fingerprint density at radius 3 is 2.52 bits per heavy atom. The summed E-state index contributed by atoms with van der Waals surface area (Å²) in [4.78, 5) is 31.3. The molecule has 0 fully saturated rings. The Balaban J connectivity index is 1.88. The number of thiophene rings is 2. The lowest BCUT2D eigenvalue weighted by molar-refractivity contribution is -0.119. The zero-order chi connectivity index (χ0) is 24.0. The molecular formula is C21H18BrF2N5O2S2. The summed E-state index contributed by atoms with van der Waals surface area (Å²) in [5.74, 6) is -1.23. The van der Waals surface area contributed by atoms with Crippen molar-refractivity contribution in [2.75, 3.05) is 5.32 Å². The molecule has 1 atom stereocenters. The number of halogens is 3. The van der Waals surface area contributed by atoms with Crippen molar-refractivity contribution in [2.45, 2.75) is 33.2 Å². The third-order valence-corrected chi connectivity index (χ3v) is 7.93. The number of pyridine rings is 1. The zero-order valence-electron chi connectivity index (χ0n) is 17.6. The van der Waals surface area contributed by atoms with Gasteiger partial charge in [-0.25, -0.2) is 13.8 Å². The number of carbonyl (C=O) groups excluding carboxylic acids is 2. The summed E-state index contributed by atoms with van der Waals surface area (Å²) in [7, 11) is 0. The summed E-state index contributed by atoms with van der Waals surface area (Å²) in [6.07, 6.45) is -1.12. The molecule has 0 saturated heterocycles. The first-order valence-electron chi connectivity index (χ1n) is 9.71. The van der Waals surface area contributed by atoms with Crippen molar-refractivity contribution in [1.29, 1.82) is 0 Å². The number of nitrogens with one attached hydrogen (secondary N) is 1. The second-order valence-corrected chi connectivity index (χ2v) is 10.5. The van der Waals surface area contributed by atoms with Crippen LogP contribution in [-0.4, -0.2) is 26.6 Å². The topological polar surface area (TPSA) is 103 Å². The van der Waals surface area contributed by atoms with Crippen LogP contribution in [0, 0.1) is 13.8 Å². The summed E-state index contributed by atoms with van der Waals surface area (Å²) < 4.78 is 29.4. The number of nitrogens with two attached hydrogens (primary N) is 1. The number of carbonyl (C=O) groups is 2. The summed E-state index contributed by atoms with van der Waals surface area (Å²) in [5, 5.41) is 7.49. The average Bonchev–Trinajstić information content (AvgIpc) is 3.44. The molecule has 3 N–H and O–H groups in total. The number of anilines is 1. The van der Waals surface area contributed by atoms with Gasteiger partial charge >= 0.3 is 0 Å². The lowest BCUT2D eigenvalue weighted by atomic mass is 10.1. The highest BCUT2D eigenvalue weighted by Crippen LogP contribution is 2.44. The van der Waals surface area contributed by atoms with Crippen molar-refractivity contribution in [3.8, 4) is 10.4 Å². The number of aromatic nitrogens is 3. The van der Waals surface area contributed by atoms with Gasteiger partial charge in [-0.05, 0) is 54.9 Å². The van der Waals surface area contributed by atoms with Gasteiger partial charge in [0.05, 0.1) is 15.9 Å².